The molecule has 1 aromatic rings. The van der Waals surface area contributed by atoms with Gasteiger partial charge in [-0.15, -0.1) is 0 Å². The highest BCUT2D eigenvalue weighted by Crippen LogP contribution is 2.49. The number of carboxylic acid groups (broad SMARTS) is 1. The molecule has 0 saturated heterocycles. The largest absolute Gasteiger partial charge is 0.493 e. The van der Waals surface area contributed by atoms with Crippen molar-refractivity contribution >= 4 is 23.6 Å². The maximum Gasteiger partial charge on any atom is 0.448 e. The minimum Gasteiger partial charge on any atom is -0.493 e. The van der Waals surface area contributed by atoms with Gasteiger partial charge in [0.2, 0.25) is 0 Å². The molecule has 0 aliphatic carbocycles. The summed E-state index contributed by atoms with van der Waals surface area (Å²) in [6.07, 6.45) is -4.34. The fraction of sp³-hybridized carbons (Fsp3) is 0.308. The van der Waals surface area contributed by atoms with E-state index in [0.29, 0.717) is 0 Å². The van der Waals surface area contributed by atoms with E-state index in [1.165, 1.54) is 20.3 Å². The summed E-state index contributed by atoms with van der Waals surface area (Å²) in [4.78, 5) is 11.1. The number of benzene rings is 1. The molecule has 0 fully saturated rings. The van der Waals surface area contributed by atoms with Gasteiger partial charge in [-0.2, -0.15) is 13.2 Å². The first-order valence-electron chi connectivity index (χ1n) is 5.80. The lowest BCUT2D eigenvalue weighted by Crippen LogP contribution is -2.50. The smallest absolute Gasteiger partial charge is 0.448 e. The van der Waals surface area contributed by atoms with Crippen molar-refractivity contribution in [3.63, 3.8) is 0 Å². The molecule has 0 amide bonds. The number of alkyl halides is 4. The van der Waals surface area contributed by atoms with E-state index in [9.17, 15) is 18.0 Å². The van der Waals surface area contributed by atoms with Crippen LogP contribution in [0.4, 0.5) is 13.2 Å². The number of aliphatic carboxylic acids is 1. The topological polar surface area (TPSA) is 65.0 Å². The molecule has 1 unspecified atom stereocenters. The summed E-state index contributed by atoms with van der Waals surface area (Å²) >= 11 is 5.44. The third-order valence-corrected chi connectivity index (χ3v) is 3.50. The van der Waals surface area contributed by atoms with Crippen LogP contribution in [-0.4, -0.2) is 36.5 Å². The fourth-order valence-electron chi connectivity index (χ4n) is 1.94. The van der Waals surface area contributed by atoms with Gasteiger partial charge in [-0.3, -0.25) is 0 Å². The van der Waals surface area contributed by atoms with Crippen LogP contribution in [0.15, 0.2) is 17.7 Å². The normalized spacial score (nSPS) is 20.5. The Kier molecular flexibility index (Phi) is 3.90. The summed E-state index contributed by atoms with van der Waals surface area (Å²) in [6, 6.07) is 2.44. The molecule has 5 nitrogen and oxygen atoms in total. The molecule has 1 N–H and O–H groups in total. The average molecular weight is 339 g/mol. The molecule has 22 heavy (non-hydrogen) atoms. The predicted molar refractivity (Wildman–Crippen MR) is 70.4 cm³/mol. The maximum atomic E-state index is 13.1. The molecule has 0 bridgehead atoms. The first-order valence-corrected chi connectivity index (χ1v) is 6.18. The van der Waals surface area contributed by atoms with Gasteiger partial charge >= 0.3 is 17.2 Å². The number of carbonyl (C=O) groups is 1. The van der Waals surface area contributed by atoms with Gasteiger partial charge in [-0.05, 0) is 12.1 Å². The van der Waals surface area contributed by atoms with Crippen LogP contribution in [0.5, 0.6) is 17.2 Å². The first kappa shape index (κ1) is 16.3. The van der Waals surface area contributed by atoms with Crippen molar-refractivity contribution in [1.82, 2.24) is 0 Å². The predicted octanol–water partition coefficient (Wildman–Crippen LogP) is 3.06. The average Bonchev–Trinajstić information content (AvgIpc) is 2.43. The summed E-state index contributed by atoms with van der Waals surface area (Å²) in [6.45, 7) is 0. The maximum absolute atomic E-state index is 13.1. The molecule has 0 aromatic heterocycles. The number of fused-ring (bicyclic) bond motifs is 1. The molecule has 1 atom stereocenters. The minimum absolute atomic E-state index is 0.0792. The minimum atomic E-state index is -5.14. The summed E-state index contributed by atoms with van der Waals surface area (Å²) in [5, 5.41) is 5.52. The summed E-state index contributed by atoms with van der Waals surface area (Å²) in [5.74, 6) is -1.78. The fourth-order valence-corrected chi connectivity index (χ4v) is 2.16. The molecular formula is C13H10ClF3O5. The van der Waals surface area contributed by atoms with Crippen molar-refractivity contribution in [2.75, 3.05) is 14.2 Å². The summed E-state index contributed by atoms with van der Waals surface area (Å²) in [7, 11) is 2.63. The lowest BCUT2D eigenvalue weighted by Gasteiger charge is -2.34. The molecule has 1 heterocycles. The number of methoxy groups -OCH3 is 2. The molecule has 9 heteroatoms. The van der Waals surface area contributed by atoms with Gasteiger partial charge in [0.1, 0.15) is 11.3 Å². The Balaban J connectivity index is 2.68. The second-order valence-electron chi connectivity index (χ2n) is 4.30. The molecule has 0 saturated carbocycles. The Morgan fingerprint density at radius 3 is 2.27 bits per heavy atom. The van der Waals surface area contributed by atoms with E-state index in [1.54, 1.807) is 0 Å². The van der Waals surface area contributed by atoms with Crippen LogP contribution >= 0.6 is 11.6 Å². The van der Waals surface area contributed by atoms with Crippen molar-refractivity contribution in [2.45, 2.75) is 11.2 Å². The number of carboxylic acids is 1. The van der Waals surface area contributed by atoms with Gasteiger partial charge < -0.3 is 19.3 Å². The Labute approximate surface area is 127 Å². The highest BCUT2D eigenvalue weighted by atomic mass is 35.5. The molecular weight excluding hydrogens is 329 g/mol. The van der Waals surface area contributed by atoms with Crippen LogP contribution in [0.1, 0.15) is 5.56 Å². The van der Waals surface area contributed by atoms with Gasteiger partial charge in [-0.25, -0.2) is 4.79 Å². The molecule has 120 valence electrons. The highest BCUT2D eigenvalue weighted by Gasteiger charge is 2.62. The second kappa shape index (κ2) is 5.28. The lowest BCUT2D eigenvalue weighted by atomic mass is 10.00. The zero-order valence-corrected chi connectivity index (χ0v) is 12.1. The molecule has 1 aromatic carbocycles. The standard InChI is InChI=1S/C13H10ClF3O5/c1-20-9-4-6-3-7(11(18)19)12(14,13(15,16)17)22-8(6)5-10(9)21-2/h3-5H,1-2H3,(H,18,19). The zero-order valence-electron chi connectivity index (χ0n) is 11.3. The van der Waals surface area contributed by atoms with E-state index < -0.39 is 22.8 Å². The van der Waals surface area contributed by atoms with Crippen LogP contribution < -0.4 is 14.2 Å². The van der Waals surface area contributed by atoms with E-state index in [0.717, 1.165) is 12.1 Å². The van der Waals surface area contributed by atoms with Gasteiger partial charge in [-0.1, -0.05) is 11.6 Å². The highest BCUT2D eigenvalue weighted by molar-refractivity contribution is 6.29. The van der Waals surface area contributed by atoms with Crippen LogP contribution in [-0.2, 0) is 4.79 Å². The molecule has 0 spiro atoms. The SMILES string of the molecule is COc1cc2c(cc1OC)OC(Cl)(C(F)(F)F)C(C(=O)O)=C2. The zero-order chi connectivity index (χ0) is 16.7. The van der Waals surface area contributed by atoms with Crippen molar-refractivity contribution in [2.24, 2.45) is 0 Å². The van der Waals surface area contributed by atoms with Gasteiger partial charge in [0.15, 0.2) is 11.5 Å². The van der Waals surface area contributed by atoms with Gasteiger partial charge in [0.05, 0.1) is 14.2 Å². The van der Waals surface area contributed by atoms with Crippen LogP contribution in [0, 0.1) is 0 Å². The number of hydrogen-bond acceptors (Lipinski definition) is 4. The van der Waals surface area contributed by atoms with Crippen LogP contribution in [0.25, 0.3) is 6.08 Å². The van der Waals surface area contributed by atoms with E-state index in [1.807, 2.05) is 0 Å². The number of ether oxygens (including phenoxy) is 3. The van der Waals surface area contributed by atoms with E-state index in [4.69, 9.17) is 30.9 Å². The number of hydrogen-bond donors (Lipinski definition) is 1. The quantitative estimate of drug-likeness (QED) is 0.858. The second-order valence-corrected chi connectivity index (χ2v) is 4.84. The molecule has 0 radical (unpaired) electrons. The van der Waals surface area contributed by atoms with Crippen molar-refractivity contribution < 1.29 is 37.3 Å². The monoisotopic (exact) mass is 338 g/mol. The summed E-state index contributed by atoms with van der Waals surface area (Å²) < 4.78 is 54.1. The first-order chi connectivity index (χ1) is 10.1. The number of halogens is 4. The Morgan fingerprint density at radius 2 is 1.82 bits per heavy atom. The van der Waals surface area contributed by atoms with E-state index in [2.05, 4.69) is 0 Å². The van der Waals surface area contributed by atoms with Crippen molar-refractivity contribution in [3.05, 3.63) is 23.3 Å². The number of rotatable bonds is 3. The van der Waals surface area contributed by atoms with Gasteiger partial charge in [0.25, 0.3) is 0 Å². The lowest BCUT2D eigenvalue weighted by molar-refractivity contribution is -0.204. The molecule has 1 aliphatic rings. The molecule has 2 rings (SSSR count). The van der Waals surface area contributed by atoms with Crippen molar-refractivity contribution in [1.29, 1.82) is 0 Å². The van der Waals surface area contributed by atoms with E-state index in [-0.39, 0.29) is 22.8 Å². The van der Waals surface area contributed by atoms with Crippen LogP contribution in [0.3, 0.4) is 0 Å². The molecule has 1 aliphatic heterocycles. The van der Waals surface area contributed by atoms with Crippen LogP contribution in [0.2, 0.25) is 0 Å². The Hall–Kier alpha value is -2.09. The van der Waals surface area contributed by atoms with Crippen molar-refractivity contribution in [3.8, 4) is 17.2 Å². The van der Waals surface area contributed by atoms with E-state index >= 15 is 0 Å². The third kappa shape index (κ3) is 2.43. The summed E-state index contributed by atoms with van der Waals surface area (Å²) in [5.41, 5.74) is -1.06. The third-order valence-electron chi connectivity index (χ3n) is 3.01. The Morgan fingerprint density at radius 1 is 1.27 bits per heavy atom. The van der Waals surface area contributed by atoms with Gasteiger partial charge in [0, 0.05) is 11.6 Å². The Bertz CT molecular complexity index is 656.